The van der Waals surface area contributed by atoms with E-state index in [1.807, 2.05) is 66.9 Å². The maximum absolute atomic E-state index is 12.5. The van der Waals surface area contributed by atoms with Gasteiger partial charge in [0, 0.05) is 6.54 Å². The van der Waals surface area contributed by atoms with E-state index in [-0.39, 0.29) is 11.9 Å². The lowest BCUT2D eigenvalue weighted by atomic mass is 10.2. The standard InChI is InChI=1S/C23H22ClN3O2S/c1-16(25-23(28)21-12-6-15-30-21)22-26-18-9-3-4-10-19(18)27(22)13-7-14-29-20-11-5-2-8-17(20)24/h2-6,8-12,15-16H,7,13-14H2,1H3,(H,25,28). The summed E-state index contributed by atoms with van der Waals surface area (Å²) in [6.07, 6.45) is 0.782. The predicted molar refractivity (Wildman–Crippen MR) is 121 cm³/mol. The molecule has 0 aliphatic heterocycles. The summed E-state index contributed by atoms with van der Waals surface area (Å²) in [5.41, 5.74) is 1.96. The van der Waals surface area contributed by atoms with E-state index in [9.17, 15) is 4.79 Å². The van der Waals surface area contributed by atoms with Crippen molar-refractivity contribution in [3.05, 3.63) is 81.8 Å². The Kier molecular flexibility index (Phi) is 6.35. The van der Waals surface area contributed by atoms with E-state index in [2.05, 4.69) is 16.0 Å². The summed E-state index contributed by atoms with van der Waals surface area (Å²) in [4.78, 5) is 18.0. The maximum Gasteiger partial charge on any atom is 0.261 e. The summed E-state index contributed by atoms with van der Waals surface area (Å²) in [5, 5.41) is 5.57. The van der Waals surface area contributed by atoms with Crippen molar-refractivity contribution >= 4 is 39.9 Å². The summed E-state index contributed by atoms with van der Waals surface area (Å²) < 4.78 is 7.98. The first-order chi connectivity index (χ1) is 14.6. The molecule has 4 aromatic rings. The molecule has 2 heterocycles. The molecule has 1 amide bonds. The highest BCUT2D eigenvalue weighted by Crippen LogP contribution is 2.24. The summed E-state index contributed by atoms with van der Waals surface area (Å²) in [6, 6.07) is 18.9. The number of thiophene rings is 1. The Hall–Kier alpha value is -2.83. The van der Waals surface area contributed by atoms with Crippen LogP contribution in [0.2, 0.25) is 5.02 Å². The van der Waals surface area contributed by atoms with Crippen molar-refractivity contribution in [2.24, 2.45) is 0 Å². The number of ether oxygens (including phenoxy) is 1. The Labute approximate surface area is 184 Å². The number of para-hydroxylation sites is 3. The predicted octanol–water partition coefficient (Wildman–Crippen LogP) is 5.71. The van der Waals surface area contributed by atoms with E-state index in [1.165, 1.54) is 11.3 Å². The molecule has 7 heteroatoms. The average Bonchev–Trinajstić information content (AvgIpc) is 3.41. The van der Waals surface area contributed by atoms with Crippen molar-refractivity contribution < 1.29 is 9.53 Å². The van der Waals surface area contributed by atoms with E-state index >= 15 is 0 Å². The third-order valence-corrected chi connectivity index (χ3v) is 5.97. The van der Waals surface area contributed by atoms with Gasteiger partial charge in [0.15, 0.2) is 0 Å². The molecule has 5 nitrogen and oxygen atoms in total. The Bertz CT molecular complexity index is 1140. The highest BCUT2D eigenvalue weighted by Gasteiger charge is 2.19. The number of hydrogen-bond acceptors (Lipinski definition) is 4. The SMILES string of the molecule is CC(NC(=O)c1cccs1)c1nc2ccccc2n1CCCOc1ccccc1Cl. The molecule has 0 saturated carbocycles. The van der Waals surface area contributed by atoms with E-state index < -0.39 is 0 Å². The Morgan fingerprint density at radius 3 is 2.77 bits per heavy atom. The van der Waals surface area contributed by atoms with Crippen LogP contribution in [0.3, 0.4) is 0 Å². The van der Waals surface area contributed by atoms with E-state index in [0.29, 0.717) is 22.3 Å². The van der Waals surface area contributed by atoms with Gasteiger partial charge in [0.1, 0.15) is 11.6 Å². The molecule has 0 bridgehead atoms. The third-order valence-electron chi connectivity index (χ3n) is 4.78. The monoisotopic (exact) mass is 439 g/mol. The van der Waals surface area contributed by atoms with Crippen LogP contribution < -0.4 is 10.1 Å². The first kappa shape index (κ1) is 20.4. The molecule has 1 atom stereocenters. The minimum atomic E-state index is -0.225. The molecular weight excluding hydrogens is 418 g/mol. The molecule has 1 unspecified atom stereocenters. The summed E-state index contributed by atoms with van der Waals surface area (Å²) in [5.74, 6) is 1.43. The van der Waals surface area contributed by atoms with Crippen LogP contribution >= 0.6 is 22.9 Å². The van der Waals surface area contributed by atoms with Gasteiger partial charge in [-0.1, -0.05) is 41.9 Å². The van der Waals surface area contributed by atoms with Gasteiger partial charge in [-0.15, -0.1) is 11.3 Å². The van der Waals surface area contributed by atoms with Gasteiger partial charge >= 0.3 is 0 Å². The van der Waals surface area contributed by atoms with Crippen LogP contribution in [-0.4, -0.2) is 22.1 Å². The van der Waals surface area contributed by atoms with Gasteiger partial charge in [-0.25, -0.2) is 4.98 Å². The number of halogens is 1. The van der Waals surface area contributed by atoms with E-state index in [1.54, 1.807) is 0 Å². The molecule has 2 aromatic heterocycles. The first-order valence-corrected chi connectivity index (χ1v) is 11.1. The Morgan fingerprint density at radius 1 is 1.17 bits per heavy atom. The zero-order valence-corrected chi connectivity index (χ0v) is 18.1. The molecule has 0 fully saturated rings. The lowest BCUT2D eigenvalue weighted by molar-refractivity contribution is 0.0941. The van der Waals surface area contributed by atoms with Crippen molar-refractivity contribution in [2.45, 2.75) is 25.9 Å². The van der Waals surface area contributed by atoms with Crippen LogP contribution in [0.25, 0.3) is 11.0 Å². The number of carbonyl (C=O) groups is 1. The molecule has 0 spiro atoms. The molecular formula is C23H22ClN3O2S. The molecule has 2 aromatic carbocycles. The average molecular weight is 440 g/mol. The molecule has 30 heavy (non-hydrogen) atoms. The second-order valence-corrected chi connectivity index (χ2v) is 8.27. The number of fused-ring (bicyclic) bond motifs is 1. The van der Waals surface area contributed by atoms with Gasteiger partial charge in [0.25, 0.3) is 5.91 Å². The van der Waals surface area contributed by atoms with Gasteiger partial charge in [-0.3, -0.25) is 4.79 Å². The van der Waals surface area contributed by atoms with Crippen molar-refractivity contribution in [3.8, 4) is 5.75 Å². The number of carbonyl (C=O) groups excluding carboxylic acids is 1. The van der Waals surface area contributed by atoms with Crippen LogP contribution in [0.4, 0.5) is 0 Å². The third kappa shape index (κ3) is 4.50. The normalized spacial score (nSPS) is 12.1. The van der Waals surface area contributed by atoms with E-state index in [4.69, 9.17) is 21.3 Å². The number of imidazole rings is 1. The van der Waals surface area contributed by atoms with Gasteiger partial charge in [-0.05, 0) is 49.1 Å². The largest absolute Gasteiger partial charge is 0.492 e. The fraction of sp³-hybridized carbons (Fsp3) is 0.217. The van der Waals surface area contributed by atoms with Crippen LogP contribution in [0, 0.1) is 0 Å². The first-order valence-electron chi connectivity index (χ1n) is 9.80. The highest BCUT2D eigenvalue weighted by molar-refractivity contribution is 7.12. The molecule has 0 radical (unpaired) electrons. The number of aryl methyl sites for hydroxylation is 1. The minimum absolute atomic E-state index is 0.0850. The molecule has 154 valence electrons. The molecule has 0 saturated heterocycles. The van der Waals surface area contributed by atoms with Gasteiger partial charge < -0.3 is 14.6 Å². The second-order valence-electron chi connectivity index (χ2n) is 6.92. The number of rotatable bonds is 8. The van der Waals surface area contributed by atoms with Crippen LogP contribution in [-0.2, 0) is 6.54 Å². The van der Waals surface area contributed by atoms with Crippen molar-refractivity contribution in [1.82, 2.24) is 14.9 Å². The molecule has 0 aliphatic carbocycles. The van der Waals surface area contributed by atoms with Crippen molar-refractivity contribution in [1.29, 1.82) is 0 Å². The molecule has 0 aliphatic rings. The maximum atomic E-state index is 12.5. The quantitative estimate of drug-likeness (QED) is 0.357. The van der Waals surface area contributed by atoms with Crippen molar-refractivity contribution in [3.63, 3.8) is 0 Å². The van der Waals surface area contributed by atoms with Gasteiger partial charge in [0.05, 0.1) is 33.6 Å². The zero-order valence-electron chi connectivity index (χ0n) is 16.5. The Morgan fingerprint density at radius 2 is 1.97 bits per heavy atom. The summed E-state index contributed by atoms with van der Waals surface area (Å²) >= 11 is 7.59. The van der Waals surface area contributed by atoms with Crippen LogP contribution in [0.1, 0.15) is 34.9 Å². The number of aromatic nitrogens is 2. The van der Waals surface area contributed by atoms with Gasteiger partial charge in [0.2, 0.25) is 0 Å². The summed E-state index contributed by atoms with van der Waals surface area (Å²) in [6.45, 7) is 3.22. The lowest BCUT2D eigenvalue weighted by Gasteiger charge is -2.16. The number of hydrogen-bond donors (Lipinski definition) is 1. The fourth-order valence-corrected chi connectivity index (χ4v) is 4.18. The second kappa shape index (κ2) is 9.32. The van der Waals surface area contributed by atoms with Gasteiger partial charge in [-0.2, -0.15) is 0 Å². The van der Waals surface area contributed by atoms with E-state index in [0.717, 1.165) is 29.8 Å². The highest BCUT2D eigenvalue weighted by atomic mass is 35.5. The number of nitrogens with zero attached hydrogens (tertiary/aromatic N) is 2. The lowest BCUT2D eigenvalue weighted by Crippen LogP contribution is -2.28. The zero-order chi connectivity index (χ0) is 20.9. The topological polar surface area (TPSA) is 56.2 Å². The van der Waals surface area contributed by atoms with Crippen LogP contribution in [0.15, 0.2) is 66.0 Å². The number of nitrogens with one attached hydrogen (secondary N) is 1. The van der Waals surface area contributed by atoms with Crippen LogP contribution in [0.5, 0.6) is 5.75 Å². The molecule has 4 rings (SSSR count). The molecule has 1 N–H and O–H groups in total. The van der Waals surface area contributed by atoms with Crippen molar-refractivity contribution in [2.75, 3.05) is 6.61 Å². The smallest absolute Gasteiger partial charge is 0.261 e. The number of amides is 1. The minimum Gasteiger partial charge on any atom is -0.492 e. The number of benzene rings is 2. The summed E-state index contributed by atoms with van der Waals surface area (Å²) in [7, 11) is 0. The Balaban J connectivity index is 1.48. The fourth-order valence-electron chi connectivity index (χ4n) is 3.37.